The van der Waals surface area contributed by atoms with Crippen LogP contribution in [0.2, 0.25) is 0 Å². The van der Waals surface area contributed by atoms with Gasteiger partial charge in [0, 0.05) is 12.4 Å². The van der Waals surface area contributed by atoms with Crippen LogP contribution in [0.3, 0.4) is 0 Å². The van der Waals surface area contributed by atoms with Gasteiger partial charge in [0.1, 0.15) is 11.9 Å². The largest absolute Gasteiger partial charge is 0.384 e. The molecule has 0 aliphatic rings. The maximum absolute atomic E-state index is 9.87. The van der Waals surface area contributed by atoms with Crippen LogP contribution in [0.1, 0.15) is 11.9 Å². The van der Waals surface area contributed by atoms with Crippen molar-refractivity contribution in [3.8, 4) is 0 Å². The second-order valence-corrected chi connectivity index (χ2v) is 4.66. The molecule has 0 saturated heterocycles. The van der Waals surface area contributed by atoms with Gasteiger partial charge in [-0.2, -0.15) is 0 Å². The van der Waals surface area contributed by atoms with Crippen LogP contribution >= 0.6 is 11.6 Å². The van der Waals surface area contributed by atoms with Crippen LogP contribution in [0, 0.1) is 0 Å². The van der Waals surface area contributed by atoms with E-state index < -0.39 is 6.10 Å². The average Bonchev–Trinajstić information content (AvgIpc) is 2.76. The maximum Gasteiger partial charge on any atom is 0.139 e. The van der Waals surface area contributed by atoms with Crippen molar-refractivity contribution in [2.45, 2.75) is 6.10 Å². The molecule has 0 radical (unpaired) electrons. The Labute approximate surface area is 110 Å². The van der Waals surface area contributed by atoms with Gasteiger partial charge in [-0.15, -0.1) is 11.6 Å². The molecule has 1 aromatic heterocycles. The van der Waals surface area contributed by atoms with Crippen molar-refractivity contribution in [1.29, 1.82) is 0 Å². The molecule has 0 bridgehead atoms. The zero-order chi connectivity index (χ0) is 12.7. The summed E-state index contributed by atoms with van der Waals surface area (Å²) in [7, 11) is 1.90. The normalized spacial score (nSPS) is 13.3. The van der Waals surface area contributed by atoms with Crippen LogP contribution < -0.4 is 0 Å². The minimum absolute atomic E-state index is 0.148. The SMILES string of the molecule is Cn1c([C@@H](O)CCl)nc2c3ccccc3ccc21. The standard InChI is InChI=1S/C14H13ClN2O/c1-17-11-7-6-9-4-2-3-5-10(9)13(11)16-14(17)12(18)8-15/h2-7,12,18H,8H2,1H3/t12-/m0/s1. The Morgan fingerprint density at radius 3 is 2.83 bits per heavy atom. The summed E-state index contributed by atoms with van der Waals surface area (Å²) in [6.07, 6.45) is -0.733. The van der Waals surface area contributed by atoms with E-state index in [1.54, 1.807) is 0 Å². The number of benzene rings is 2. The maximum atomic E-state index is 9.87. The summed E-state index contributed by atoms with van der Waals surface area (Å²) in [5.74, 6) is 0.756. The van der Waals surface area contributed by atoms with Crippen LogP contribution in [-0.4, -0.2) is 20.5 Å². The first-order chi connectivity index (χ1) is 8.72. The lowest BCUT2D eigenvalue weighted by Gasteiger charge is -2.06. The van der Waals surface area contributed by atoms with Crippen molar-refractivity contribution in [2.24, 2.45) is 7.05 Å². The van der Waals surface area contributed by atoms with Crippen molar-refractivity contribution in [2.75, 3.05) is 5.88 Å². The van der Waals surface area contributed by atoms with E-state index in [2.05, 4.69) is 17.1 Å². The number of nitrogens with zero attached hydrogens (tertiary/aromatic N) is 2. The molecular formula is C14H13ClN2O. The molecule has 0 amide bonds. The molecule has 2 aromatic carbocycles. The predicted molar refractivity (Wildman–Crippen MR) is 73.9 cm³/mol. The Kier molecular flexibility index (Phi) is 2.73. The number of fused-ring (bicyclic) bond motifs is 3. The molecule has 1 heterocycles. The molecule has 18 heavy (non-hydrogen) atoms. The summed E-state index contributed by atoms with van der Waals surface area (Å²) in [6.45, 7) is 0. The van der Waals surface area contributed by atoms with Gasteiger partial charge in [-0.25, -0.2) is 4.98 Å². The van der Waals surface area contributed by atoms with E-state index >= 15 is 0 Å². The monoisotopic (exact) mass is 260 g/mol. The molecule has 0 aliphatic carbocycles. The summed E-state index contributed by atoms with van der Waals surface area (Å²) in [5.41, 5.74) is 1.92. The number of aryl methyl sites for hydroxylation is 1. The second kappa shape index (κ2) is 4.26. The minimum Gasteiger partial charge on any atom is -0.384 e. The van der Waals surface area contributed by atoms with Gasteiger partial charge >= 0.3 is 0 Å². The lowest BCUT2D eigenvalue weighted by molar-refractivity contribution is 0.189. The van der Waals surface area contributed by atoms with E-state index in [1.165, 1.54) is 0 Å². The molecule has 3 nitrogen and oxygen atoms in total. The smallest absolute Gasteiger partial charge is 0.139 e. The van der Waals surface area contributed by atoms with Gasteiger partial charge in [0.2, 0.25) is 0 Å². The Morgan fingerprint density at radius 1 is 1.28 bits per heavy atom. The van der Waals surface area contributed by atoms with Gasteiger partial charge in [0.15, 0.2) is 0 Å². The number of rotatable bonds is 2. The van der Waals surface area contributed by atoms with Crippen LogP contribution in [0.25, 0.3) is 21.8 Å². The highest BCUT2D eigenvalue weighted by atomic mass is 35.5. The Morgan fingerprint density at radius 2 is 2.06 bits per heavy atom. The number of aliphatic hydroxyl groups is 1. The first-order valence-electron chi connectivity index (χ1n) is 5.80. The zero-order valence-electron chi connectivity index (χ0n) is 9.97. The fourth-order valence-electron chi connectivity index (χ4n) is 2.31. The van der Waals surface area contributed by atoms with Crippen molar-refractivity contribution < 1.29 is 5.11 Å². The first-order valence-corrected chi connectivity index (χ1v) is 6.34. The highest BCUT2D eigenvalue weighted by Crippen LogP contribution is 2.27. The summed E-state index contributed by atoms with van der Waals surface area (Å²) < 4.78 is 1.90. The summed E-state index contributed by atoms with van der Waals surface area (Å²) in [5, 5.41) is 12.1. The van der Waals surface area contributed by atoms with E-state index in [4.69, 9.17) is 11.6 Å². The zero-order valence-corrected chi connectivity index (χ0v) is 10.7. The van der Waals surface area contributed by atoms with Gasteiger partial charge < -0.3 is 9.67 Å². The molecule has 92 valence electrons. The molecule has 0 unspecified atom stereocenters. The molecule has 3 rings (SSSR count). The van der Waals surface area contributed by atoms with Crippen LogP contribution in [0.15, 0.2) is 36.4 Å². The predicted octanol–water partition coefficient (Wildman–Crippen LogP) is 3.00. The highest BCUT2D eigenvalue weighted by molar-refractivity contribution is 6.18. The van der Waals surface area contributed by atoms with Crippen molar-refractivity contribution in [3.05, 3.63) is 42.2 Å². The summed E-state index contributed by atoms with van der Waals surface area (Å²) in [6, 6.07) is 12.2. The van der Waals surface area contributed by atoms with Crippen LogP contribution in [-0.2, 0) is 7.05 Å². The minimum atomic E-state index is -0.733. The number of hydrogen-bond acceptors (Lipinski definition) is 2. The summed E-state index contributed by atoms with van der Waals surface area (Å²) in [4.78, 5) is 4.54. The Bertz CT molecular complexity index is 720. The molecule has 0 aliphatic heterocycles. The number of halogens is 1. The number of aromatic nitrogens is 2. The third-order valence-corrected chi connectivity index (χ3v) is 3.55. The van der Waals surface area contributed by atoms with Crippen molar-refractivity contribution >= 4 is 33.4 Å². The van der Waals surface area contributed by atoms with E-state index in [0.717, 1.165) is 21.8 Å². The topological polar surface area (TPSA) is 38.0 Å². The third kappa shape index (κ3) is 1.59. The molecule has 0 saturated carbocycles. The fourth-order valence-corrected chi connectivity index (χ4v) is 2.45. The molecule has 4 heteroatoms. The Balaban J connectivity index is 2.38. The Hall–Kier alpha value is -1.58. The molecular weight excluding hydrogens is 248 g/mol. The van der Waals surface area contributed by atoms with Crippen molar-refractivity contribution in [3.63, 3.8) is 0 Å². The lowest BCUT2D eigenvalue weighted by atomic mass is 10.1. The lowest BCUT2D eigenvalue weighted by Crippen LogP contribution is -2.06. The number of alkyl halides is 1. The molecule has 1 N–H and O–H groups in total. The first kappa shape index (κ1) is 11.5. The highest BCUT2D eigenvalue weighted by Gasteiger charge is 2.16. The van der Waals surface area contributed by atoms with E-state index in [9.17, 15) is 5.11 Å². The van der Waals surface area contributed by atoms with E-state index in [-0.39, 0.29) is 5.88 Å². The molecule has 3 aromatic rings. The fraction of sp³-hybridized carbons (Fsp3) is 0.214. The quantitative estimate of drug-likeness (QED) is 0.720. The van der Waals surface area contributed by atoms with Crippen LogP contribution in [0.5, 0.6) is 0 Å². The average molecular weight is 261 g/mol. The second-order valence-electron chi connectivity index (χ2n) is 4.35. The van der Waals surface area contributed by atoms with E-state index in [0.29, 0.717) is 5.82 Å². The molecule has 0 spiro atoms. The number of imidazole rings is 1. The van der Waals surface area contributed by atoms with Gasteiger partial charge in [-0.05, 0) is 11.5 Å². The van der Waals surface area contributed by atoms with Gasteiger partial charge in [-0.1, -0.05) is 30.3 Å². The summed E-state index contributed by atoms with van der Waals surface area (Å²) >= 11 is 5.70. The third-order valence-electron chi connectivity index (χ3n) is 3.25. The van der Waals surface area contributed by atoms with Gasteiger partial charge in [-0.3, -0.25) is 0 Å². The number of hydrogen-bond donors (Lipinski definition) is 1. The van der Waals surface area contributed by atoms with Gasteiger partial charge in [0.25, 0.3) is 0 Å². The number of aliphatic hydroxyl groups excluding tert-OH is 1. The van der Waals surface area contributed by atoms with E-state index in [1.807, 2.05) is 35.9 Å². The van der Waals surface area contributed by atoms with Crippen LogP contribution in [0.4, 0.5) is 0 Å². The van der Waals surface area contributed by atoms with Gasteiger partial charge in [0.05, 0.1) is 16.9 Å². The van der Waals surface area contributed by atoms with Crippen molar-refractivity contribution in [1.82, 2.24) is 9.55 Å². The molecule has 0 fully saturated rings. The molecule has 1 atom stereocenters.